The molecule has 1 heterocycles. The van der Waals surface area contributed by atoms with Crippen molar-refractivity contribution in [1.82, 2.24) is 9.78 Å². The molecule has 0 amide bonds. The monoisotopic (exact) mass is 308 g/mol. The number of halogens is 6. The van der Waals surface area contributed by atoms with E-state index in [1.54, 1.807) is 0 Å². The molecule has 0 atom stereocenters. The molecule has 0 N–H and O–H groups in total. The molecule has 112 valence electrons. The van der Waals surface area contributed by atoms with Gasteiger partial charge in [-0.3, -0.25) is 4.79 Å². The summed E-state index contributed by atoms with van der Waals surface area (Å²) < 4.78 is 76.5. The summed E-state index contributed by atoms with van der Waals surface area (Å²) in [5.74, 6) is 0. The van der Waals surface area contributed by atoms with Crippen LogP contribution in [-0.4, -0.2) is 16.1 Å². The standard InChI is InChI=1S/C12H6F6N2O/c13-11(14,15)8-5-7(6-21)1-2-9(8)20-4-3-10(19-20)12(16,17)18/h1-6H. The van der Waals surface area contributed by atoms with E-state index >= 15 is 0 Å². The minimum absolute atomic E-state index is 0.212. The van der Waals surface area contributed by atoms with Crippen LogP contribution in [0.15, 0.2) is 30.5 Å². The van der Waals surface area contributed by atoms with Crippen molar-refractivity contribution in [3.63, 3.8) is 0 Å². The highest BCUT2D eigenvalue weighted by molar-refractivity contribution is 5.76. The van der Waals surface area contributed by atoms with E-state index in [1.807, 2.05) is 0 Å². The lowest BCUT2D eigenvalue weighted by molar-refractivity contribution is -0.141. The fourth-order valence-corrected chi connectivity index (χ4v) is 1.66. The lowest BCUT2D eigenvalue weighted by atomic mass is 10.1. The van der Waals surface area contributed by atoms with Gasteiger partial charge in [-0.25, -0.2) is 4.68 Å². The number of rotatable bonds is 2. The Morgan fingerprint density at radius 3 is 2.14 bits per heavy atom. The Balaban J connectivity index is 2.58. The third-order valence-corrected chi connectivity index (χ3v) is 2.59. The normalized spacial score (nSPS) is 12.5. The molecule has 1 aromatic heterocycles. The van der Waals surface area contributed by atoms with Gasteiger partial charge in [-0.15, -0.1) is 0 Å². The predicted octanol–water partition coefficient (Wildman–Crippen LogP) is 3.72. The van der Waals surface area contributed by atoms with Crippen molar-refractivity contribution in [2.75, 3.05) is 0 Å². The zero-order chi connectivity index (χ0) is 15.8. The van der Waals surface area contributed by atoms with Gasteiger partial charge in [0.05, 0.1) is 11.3 Å². The number of benzene rings is 1. The number of alkyl halides is 6. The first kappa shape index (κ1) is 15.1. The summed E-state index contributed by atoms with van der Waals surface area (Å²) >= 11 is 0. The minimum atomic E-state index is -4.83. The van der Waals surface area contributed by atoms with E-state index in [0.29, 0.717) is 16.8 Å². The third kappa shape index (κ3) is 3.06. The van der Waals surface area contributed by atoms with Crippen molar-refractivity contribution >= 4 is 6.29 Å². The summed E-state index contributed by atoms with van der Waals surface area (Å²) in [5, 5.41) is 3.08. The van der Waals surface area contributed by atoms with Crippen LogP contribution in [0.3, 0.4) is 0 Å². The minimum Gasteiger partial charge on any atom is -0.298 e. The second kappa shape index (κ2) is 4.90. The van der Waals surface area contributed by atoms with Crippen molar-refractivity contribution in [3.8, 4) is 5.69 Å². The van der Waals surface area contributed by atoms with Crippen LogP contribution < -0.4 is 0 Å². The largest absolute Gasteiger partial charge is 0.435 e. The van der Waals surface area contributed by atoms with Crippen molar-refractivity contribution in [2.24, 2.45) is 0 Å². The molecular weight excluding hydrogens is 302 g/mol. The summed E-state index contributed by atoms with van der Waals surface area (Å²) in [6.45, 7) is 0. The van der Waals surface area contributed by atoms with E-state index in [1.165, 1.54) is 0 Å². The Labute approximate surface area is 113 Å². The molecule has 0 bridgehead atoms. The molecule has 0 saturated heterocycles. The van der Waals surface area contributed by atoms with Gasteiger partial charge in [0.1, 0.15) is 6.29 Å². The first-order valence-electron chi connectivity index (χ1n) is 5.42. The number of nitrogens with zero attached hydrogens (tertiary/aromatic N) is 2. The van der Waals surface area contributed by atoms with E-state index in [2.05, 4.69) is 5.10 Å². The van der Waals surface area contributed by atoms with Gasteiger partial charge in [-0.05, 0) is 24.3 Å². The lowest BCUT2D eigenvalue weighted by Crippen LogP contribution is -2.13. The zero-order valence-electron chi connectivity index (χ0n) is 10.0. The molecule has 1 aromatic carbocycles. The molecule has 0 radical (unpaired) electrons. The fourth-order valence-electron chi connectivity index (χ4n) is 1.66. The summed E-state index contributed by atoms with van der Waals surface area (Å²) in [6.07, 6.45) is -8.61. The summed E-state index contributed by atoms with van der Waals surface area (Å²) in [7, 11) is 0. The highest BCUT2D eigenvalue weighted by Gasteiger charge is 2.36. The van der Waals surface area contributed by atoms with Crippen molar-refractivity contribution in [1.29, 1.82) is 0 Å². The highest BCUT2D eigenvalue weighted by atomic mass is 19.4. The van der Waals surface area contributed by atoms with E-state index in [0.717, 1.165) is 18.3 Å². The molecule has 0 fully saturated rings. The van der Waals surface area contributed by atoms with Crippen LogP contribution in [0.2, 0.25) is 0 Å². The summed E-state index contributed by atoms with van der Waals surface area (Å²) in [5.41, 5.74) is -3.39. The van der Waals surface area contributed by atoms with Crippen LogP contribution in [-0.2, 0) is 12.4 Å². The molecule has 0 saturated carbocycles. The number of aldehydes is 1. The number of hydrogen-bond donors (Lipinski definition) is 0. The highest BCUT2D eigenvalue weighted by Crippen LogP contribution is 2.35. The van der Waals surface area contributed by atoms with Crippen LogP contribution in [0.25, 0.3) is 5.69 Å². The summed E-state index contributed by atoms with van der Waals surface area (Å²) in [6, 6.07) is 3.07. The SMILES string of the molecule is O=Cc1ccc(-n2ccc(C(F)(F)F)n2)c(C(F)(F)F)c1. The molecule has 21 heavy (non-hydrogen) atoms. The van der Waals surface area contributed by atoms with Crippen LogP contribution in [0.5, 0.6) is 0 Å². The molecule has 3 nitrogen and oxygen atoms in total. The first-order valence-corrected chi connectivity index (χ1v) is 5.42. The lowest BCUT2D eigenvalue weighted by Gasteiger charge is -2.13. The van der Waals surface area contributed by atoms with Gasteiger partial charge >= 0.3 is 12.4 Å². The molecule has 0 spiro atoms. The van der Waals surface area contributed by atoms with Crippen molar-refractivity contribution in [2.45, 2.75) is 12.4 Å². The molecule has 9 heteroatoms. The first-order chi connectivity index (χ1) is 9.63. The van der Waals surface area contributed by atoms with Gasteiger partial charge in [0, 0.05) is 11.8 Å². The molecule has 0 unspecified atom stereocenters. The second-order valence-corrected chi connectivity index (χ2v) is 4.04. The van der Waals surface area contributed by atoms with Gasteiger partial charge in [-0.1, -0.05) is 0 Å². The van der Waals surface area contributed by atoms with Crippen molar-refractivity contribution < 1.29 is 31.1 Å². The Bertz CT molecular complexity index is 671. The topological polar surface area (TPSA) is 34.9 Å². The third-order valence-electron chi connectivity index (χ3n) is 2.59. The van der Waals surface area contributed by atoms with Crippen LogP contribution in [0.4, 0.5) is 26.3 Å². The maximum atomic E-state index is 12.9. The van der Waals surface area contributed by atoms with Gasteiger partial charge < -0.3 is 0 Å². The molecule has 2 aromatic rings. The number of carbonyl (C=O) groups excluding carboxylic acids is 1. The molecule has 0 aliphatic rings. The van der Waals surface area contributed by atoms with Gasteiger partial charge in [-0.2, -0.15) is 31.4 Å². The fraction of sp³-hybridized carbons (Fsp3) is 0.167. The van der Waals surface area contributed by atoms with E-state index in [4.69, 9.17) is 0 Å². The maximum Gasteiger partial charge on any atom is 0.435 e. The molecular formula is C12H6F6N2O. The molecule has 0 aliphatic heterocycles. The number of hydrogen-bond acceptors (Lipinski definition) is 2. The van der Waals surface area contributed by atoms with Gasteiger partial charge in [0.2, 0.25) is 0 Å². The smallest absolute Gasteiger partial charge is 0.298 e. The summed E-state index contributed by atoms with van der Waals surface area (Å²) in [4.78, 5) is 10.5. The number of aromatic nitrogens is 2. The zero-order valence-corrected chi connectivity index (χ0v) is 10.0. The Hall–Kier alpha value is -2.32. The van der Waals surface area contributed by atoms with E-state index < -0.39 is 29.3 Å². The van der Waals surface area contributed by atoms with Crippen LogP contribution in [0, 0.1) is 0 Å². The van der Waals surface area contributed by atoms with Crippen LogP contribution in [0.1, 0.15) is 21.6 Å². The maximum absolute atomic E-state index is 12.9. The Morgan fingerprint density at radius 2 is 1.67 bits per heavy atom. The molecule has 0 aliphatic carbocycles. The quantitative estimate of drug-likeness (QED) is 0.626. The Morgan fingerprint density at radius 1 is 1.00 bits per heavy atom. The van der Waals surface area contributed by atoms with Gasteiger partial charge in [0.15, 0.2) is 5.69 Å². The Kier molecular flexibility index (Phi) is 3.52. The van der Waals surface area contributed by atoms with Gasteiger partial charge in [0.25, 0.3) is 0 Å². The van der Waals surface area contributed by atoms with E-state index in [9.17, 15) is 31.1 Å². The predicted molar refractivity (Wildman–Crippen MR) is 59.0 cm³/mol. The molecule has 2 rings (SSSR count). The average Bonchev–Trinajstić information content (AvgIpc) is 2.86. The number of carbonyl (C=O) groups is 1. The second-order valence-electron chi connectivity index (χ2n) is 4.04. The van der Waals surface area contributed by atoms with E-state index in [-0.39, 0.29) is 11.8 Å². The van der Waals surface area contributed by atoms with Crippen molar-refractivity contribution in [3.05, 3.63) is 47.3 Å². The van der Waals surface area contributed by atoms with Crippen LogP contribution >= 0.6 is 0 Å². The average molecular weight is 308 g/mol.